The Bertz CT molecular complexity index is 1090. The zero-order valence-electron chi connectivity index (χ0n) is 17.8. The van der Waals surface area contributed by atoms with Crippen molar-refractivity contribution in [1.29, 1.82) is 0 Å². The molecular weight excluding hydrogens is 390 g/mol. The van der Waals surface area contributed by atoms with Crippen molar-refractivity contribution in [2.45, 2.75) is 18.9 Å². The second-order valence-electron chi connectivity index (χ2n) is 8.02. The van der Waals surface area contributed by atoms with Gasteiger partial charge in [0.1, 0.15) is 0 Å². The van der Waals surface area contributed by atoms with Crippen LogP contribution >= 0.6 is 0 Å². The lowest BCUT2D eigenvalue weighted by atomic mass is 10.0. The minimum Gasteiger partial charge on any atom is -0.338 e. The summed E-state index contributed by atoms with van der Waals surface area (Å²) in [6.07, 6.45) is 5.51. The second-order valence-corrected chi connectivity index (χ2v) is 8.02. The lowest BCUT2D eigenvalue weighted by Crippen LogP contribution is -2.48. The molecule has 2 N–H and O–H groups in total. The van der Waals surface area contributed by atoms with Gasteiger partial charge in [-0.3, -0.25) is 9.89 Å². The van der Waals surface area contributed by atoms with Gasteiger partial charge in [-0.25, -0.2) is 4.79 Å². The highest BCUT2D eigenvalue weighted by Gasteiger charge is 2.24. The molecule has 0 radical (unpaired) electrons. The smallest absolute Gasteiger partial charge is 0.317 e. The molecule has 31 heavy (non-hydrogen) atoms. The molecule has 0 atom stereocenters. The Labute approximate surface area is 181 Å². The van der Waals surface area contributed by atoms with Gasteiger partial charge in [-0.05, 0) is 42.7 Å². The monoisotopic (exact) mass is 417 g/mol. The van der Waals surface area contributed by atoms with Crippen molar-refractivity contribution < 1.29 is 9.59 Å². The number of rotatable bonds is 4. The third-order valence-corrected chi connectivity index (χ3v) is 5.61. The Morgan fingerprint density at radius 1 is 1.06 bits per heavy atom. The molecule has 160 valence electrons. The summed E-state index contributed by atoms with van der Waals surface area (Å²) >= 11 is 0. The maximum absolute atomic E-state index is 12.8. The Morgan fingerprint density at radius 2 is 1.77 bits per heavy atom. The zero-order chi connectivity index (χ0) is 21.8. The van der Waals surface area contributed by atoms with E-state index in [1.807, 2.05) is 65.6 Å². The fourth-order valence-electron chi connectivity index (χ4n) is 3.74. The van der Waals surface area contributed by atoms with Crippen LogP contribution in [0, 0.1) is 0 Å². The number of aromatic amines is 1. The molecule has 7 nitrogen and oxygen atoms in total. The van der Waals surface area contributed by atoms with Gasteiger partial charge in [0.25, 0.3) is 5.91 Å². The SMILES string of the molecule is CN(C)C(=O)NC1CCN(C(=O)c2ccc(/C=C/c3n[nH]c4ccccc34)cc2)CC1. The Hall–Kier alpha value is -3.61. The summed E-state index contributed by atoms with van der Waals surface area (Å²) in [5, 5.41) is 11.5. The fourth-order valence-corrected chi connectivity index (χ4v) is 3.74. The molecule has 4 rings (SSSR count). The minimum atomic E-state index is -0.0868. The maximum atomic E-state index is 12.8. The zero-order valence-corrected chi connectivity index (χ0v) is 17.8. The number of nitrogens with zero attached hydrogens (tertiary/aromatic N) is 3. The van der Waals surface area contributed by atoms with Gasteiger partial charge in [0.2, 0.25) is 0 Å². The van der Waals surface area contributed by atoms with E-state index >= 15 is 0 Å². The van der Waals surface area contributed by atoms with Crippen molar-refractivity contribution in [3.63, 3.8) is 0 Å². The van der Waals surface area contributed by atoms with Crippen molar-refractivity contribution in [2.75, 3.05) is 27.2 Å². The lowest BCUT2D eigenvalue weighted by molar-refractivity contribution is 0.0707. The molecule has 1 aliphatic heterocycles. The van der Waals surface area contributed by atoms with Gasteiger partial charge in [0, 0.05) is 44.2 Å². The van der Waals surface area contributed by atoms with Crippen LogP contribution in [0.1, 0.15) is 34.5 Å². The molecule has 1 fully saturated rings. The first-order valence-electron chi connectivity index (χ1n) is 10.5. The largest absolute Gasteiger partial charge is 0.338 e. The average molecular weight is 418 g/mol. The topological polar surface area (TPSA) is 81.3 Å². The van der Waals surface area contributed by atoms with Gasteiger partial charge >= 0.3 is 6.03 Å². The van der Waals surface area contributed by atoms with Crippen molar-refractivity contribution in [1.82, 2.24) is 25.3 Å². The number of hydrogen-bond donors (Lipinski definition) is 2. The average Bonchev–Trinajstić information content (AvgIpc) is 3.21. The van der Waals surface area contributed by atoms with Gasteiger partial charge in [-0.1, -0.05) is 36.4 Å². The van der Waals surface area contributed by atoms with Crippen LogP contribution in [0.4, 0.5) is 4.79 Å². The number of carbonyl (C=O) groups excluding carboxylic acids is 2. The molecule has 0 bridgehead atoms. The molecular formula is C24H27N5O2. The van der Waals surface area contributed by atoms with Crippen LogP contribution in [0.5, 0.6) is 0 Å². The van der Waals surface area contributed by atoms with Crippen LogP contribution in [-0.4, -0.2) is 65.2 Å². The summed E-state index contributed by atoms with van der Waals surface area (Å²) in [4.78, 5) is 28.0. The van der Waals surface area contributed by atoms with Crippen LogP contribution in [0.15, 0.2) is 48.5 Å². The molecule has 1 saturated heterocycles. The minimum absolute atomic E-state index is 0.0335. The van der Waals surface area contributed by atoms with Crippen LogP contribution in [-0.2, 0) is 0 Å². The number of aromatic nitrogens is 2. The van der Waals surface area contributed by atoms with Crippen molar-refractivity contribution in [3.8, 4) is 0 Å². The number of carbonyl (C=O) groups is 2. The number of piperidine rings is 1. The fraction of sp³-hybridized carbons (Fsp3) is 0.292. The number of nitrogens with one attached hydrogen (secondary N) is 2. The van der Waals surface area contributed by atoms with Gasteiger partial charge in [-0.2, -0.15) is 5.10 Å². The summed E-state index contributed by atoms with van der Waals surface area (Å²) in [6, 6.07) is 15.7. The third-order valence-electron chi connectivity index (χ3n) is 5.61. The van der Waals surface area contributed by atoms with Gasteiger partial charge in [0.15, 0.2) is 0 Å². The quantitative estimate of drug-likeness (QED) is 0.680. The number of hydrogen-bond acceptors (Lipinski definition) is 3. The number of urea groups is 1. The molecule has 0 spiro atoms. The summed E-state index contributed by atoms with van der Waals surface area (Å²) in [5.74, 6) is 0.0335. The van der Waals surface area contributed by atoms with E-state index in [0.29, 0.717) is 18.7 Å². The Kier molecular flexibility index (Phi) is 6.02. The van der Waals surface area contributed by atoms with E-state index in [1.54, 1.807) is 14.1 Å². The molecule has 0 saturated carbocycles. The van der Waals surface area contributed by atoms with E-state index in [4.69, 9.17) is 0 Å². The summed E-state index contributed by atoms with van der Waals surface area (Å²) in [7, 11) is 3.45. The van der Waals surface area contributed by atoms with Crippen LogP contribution in [0.25, 0.3) is 23.1 Å². The highest BCUT2D eigenvalue weighted by Crippen LogP contribution is 2.19. The van der Waals surface area contributed by atoms with Gasteiger partial charge in [-0.15, -0.1) is 0 Å². The molecule has 3 aromatic rings. The first kappa shape index (κ1) is 20.7. The predicted molar refractivity (Wildman–Crippen MR) is 123 cm³/mol. The van der Waals surface area contributed by atoms with Gasteiger partial charge < -0.3 is 15.1 Å². The molecule has 1 aromatic heterocycles. The van der Waals surface area contributed by atoms with Crippen molar-refractivity contribution in [3.05, 3.63) is 65.4 Å². The number of amides is 3. The van der Waals surface area contributed by atoms with E-state index < -0.39 is 0 Å². The molecule has 2 aromatic carbocycles. The predicted octanol–water partition coefficient (Wildman–Crippen LogP) is 3.61. The number of para-hydroxylation sites is 1. The summed E-state index contributed by atoms with van der Waals surface area (Å²) < 4.78 is 0. The standard InChI is InChI=1S/C24H27N5O2/c1-28(2)24(31)25-19-13-15-29(16-14-19)23(30)18-10-7-17(8-11-18)9-12-22-20-5-3-4-6-21(20)26-27-22/h3-12,19H,13-16H2,1-2H3,(H,25,31)(H,26,27)/b12-9+. The lowest BCUT2D eigenvalue weighted by Gasteiger charge is -2.33. The number of H-pyrrole nitrogens is 1. The van der Waals surface area contributed by atoms with Crippen LogP contribution in [0.3, 0.4) is 0 Å². The molecule has 3 amide bonds. The molecule has 7 heteroatoms. The molecule has 2 heterocycles. The van der Waals surface area contributed by atoms with E-state index in [0.717, 1.165) is 35.0 Å². The van der Waals surface area contributed by atoms with E-state index in [1.165, 1.54) is 4.90 Å². The Morgan fingerprint density at radius 3 is 2.48 bits per heavy atom. The molecule has 0 aliphatic carbocycles. The van der Waals surface area contributed by atoms with E-state index in [9.17, 15) is 9.59 Å². The van der Waals surface area contributed by atoms with Gasteiger partial charge in [0.05, 0.1) is 11.2 Å². The van der Waals surface area contributed by atoms with Crippen LogP contribution in [0.2, 0.25) is 0 Å². The number of fused-ring (bicyclic) bond motifs is 1. The first-order valence-corrected chi connectivity index (χ1v) is 10.5. The van der Waals surface area contributed by atoms with E-state index in [-0.39, 0.29) is 18.0 Å². The Balaban J connectivity index is 1.35. The van der Waals surface area contributed by atoms with Crippen molar-refractivity contribution >= 4 is 35.0 Å². The highest BCUT2D eigenvalue weighted by atomic mass is 16.2. The number of likely N-dealkylation sites (tertiary alicyclic amines) is 1. The highest BCUT2D eigenvalue weighted by molar-refractivity contribution is 5.95. The third kappa shape index (κ3) is 4.77. The van der Waals surface area contributed by atoms with E-state index in [2.05, 4.69) is 15.5 Å². The molecule has 0 unspecified atom stereocenters. The maximum Gasteiger partial charge on any atom is 0.317 e. The van der Waals surface area contributed by atoms with Crippen LogP contribution < -0.4 is 5.32 Å². The normalized spacial score (nSPS) is 14.8. The summed E-state index contributed by atoms with van der Waals surface area (Å²) in [6.45, 7) is 1.29. The summed E-state index contributed by atoms with van der Waals surface area (Å²) in [5.41, 5.74) is 3.58. The first-order chi connectivity index (χ1) is 15.0. The number of benzene rings is 2. The van der Waals surface area contributed by atoms with Crippen molar-refractivity contribution in [2.24, 2.45) is 0 Å². The molecule has 1 aliphatic rings. The second kappa shape index (κ2) is 9.04.